The van der Waals surface area contributed by atoms with E-state index in [0.29, 0.717) is 72.6 Å². The van der Waals surface area contributed by atoms with Crippen molar-refractivity contribution in [3.8, 4) is 11.5 Å². The number of piperazine rings is 3. The van der Waals surface area contributed by atoms with E-state index in [9.17, 15) is 23.2 Å². The summed E-state index contributed by atoms with van der Waals surface area (Å²) in [7, 11) is 0. The van der Waals surface area contributed by atoms with Crippen LogP contribution in [0.4, 0.5) is 37.9 Å². The van der Waals surface area contributed by atoms with Crippen molar-refractivity contribution in [2.45, 2.75) is 141 Å². The fourth-order valence-electron chi connectivity index (χ4n) is 16.3. The Morgan fingerprint density at radius 1 is 0.526 bits per heavy atom. The highest BCUT2D eigenvalue weighted by Crippen LogP contribution is 2.35. The molecule has 3 atom stereocenters. The van der Waals surface area contributed by atoms with Gasteiger partial charge < -0.3 is 62.2 Å². The van der Waals surface area contributed by atoms with Crippen LogP contribution < -0.4 is 52.0 Å². The molecule has 6 aliphatic heterocycles. The number of carbonyl (C=O) groups is 3. The van der Waals surface area contributed by atoms with Crippen molar-refractivity contribution in [2.75, 3.05) is 188 Å². The normalized spacial score (nSPS) is 19.6. The number of benzene rings is 3. The number of halogens is 5. The second-order valence-corrected chi connectivity index (χ2v) is 32.9. The van der Waals surface area contributed by atoms with Crippen LogP contribution in [0.15, 0.2) is 66.9 Å². The minimum absolute atomic E-state index is 0.0142. The second-order valence-electron chi connectivity index (χ2n) is 29.7. The van der Waals surface area contributed by atoms with Crippen molar-refractivity contribution in [3.63, 3.8) is 0 Å². The summed E-state index contributed by atoms with van der Waals surface area (Å²) in [5.74, 6) is 2.02. The number of anilines is 5. The van der Waals surface area contributed by atoms with Gasteiger partial charge in [-0.25, -0.2) is 38.7 Å². The topological polar surface area (TPSA) is 319 Å². The third kappa shape index (κ3) is 24.6. The van der Waals surface area contributed by atoms with Crippen LogP contribution in [-0.4, -0.2) is 285 Å². The zero-order chi connectivity index (χ0) is 81.4. The molecule has 0 aliphatic carbocycles. The van der Waals surface area contributed by atoms with E-state index in [4.69, 9.17) is 71.7 Å². The Morgan fingerprint density at radius 3 is 1.33 bits per heavy atom. The van der Waals surface area contributed by atoms with Crippen LogP contribution in [0.25, 0.3) is 0 Å². The van der Waals surface area contributed by atoms with E-state index in [1.54, 1.807) is 35.7 Å². The summed E-state index contributed by atoms with van der Waals surface area (Å²) < 4.78 is 39.9. The van der Waals surface area contributed by atoms with Gasteiger partial charge in [-0.15, -0.1) is 0 Å². The number of amides is 3. The SMILES string of the molecule is CC[C@H]1CN(c2nc(N)c(C(=O)NCCO)nc2Cl)CCN1C1CCN(Cc2ccc(F)c(OCCSC)c2)CC1.CC[C@H]1CN(c2nc(N)c(C(=O)NCCO)nc2Cl)CCN1C1CCN(Cc2ccc(OCCSC)c(F)c2)CC1.CC[C@H]1CN(c2ncc(C(N)=O)nc2C)CCN1C1CCN(Cc2ccc(Cl)cc2)CC1. The number of aromatic nitrogens is 6. The summed E-state index contributed by atoms with van der Waals surface area (Å²) in [6.07, 6.45) is 15.2. The number of nitrogen functional groups attached to an aromatic ring is 2. The number of likely N-dealkylation sites (tertiary alicyclic amines) is 3. The van der Waals surface area contributed by atoms with Gasteiger partial charge in [0.1, 0.15) is 11.5 Å². The van der Waals surface area contributed by atoms with Gasteiger partial charge in [0.2, 0.25) is 0 Å². The Labute approximate surface area is 693 Å². The average Bonchev–Trinajstić information content (AvgIpc) is 0.791. The number of aryl methyl sites for hydroxylation is 1. The van der Waals surface area contributed by atoms with Gasteiger partial charge in [-0.1, -0.05) is 79.8 Å². The van der Waals surface area contributed by atoms with Crippen molar-refractivity contribution in [1.82, 2.24) is 69.9 Å². The van der Waals surface area contributed by atoms with Crippen molar-refractivity contribution in [1.29, 1.82) is 0 Å². The van der Waals surface area contributed by atoms with Crippen LogP contribution in [0.2, 0.25) is 15.3 Å². The number of rotatable bonds is 30. The number of aliphatic hydroxyl groups excluding tert-OH is 2. The Bertz CT molecular complexity index is 4080. The van der Waals surface area contributed by atoms with Gasteiger partial charge >= 0.3 is 0 Å². The predicted octanol–water partition coefficient (Wildman–Crippen LogP) is 8.86. The number of nitrogens with zero attached hydrogens (tertiary/aromatic N) is 15. The monoisotopic (exact) mass is 1670 g/mol. The Balaban J connectivity index is 0.000000183. The molecule has 0 spiro atoms. The van der Waals surface area contributed by atoms with Crippen LogP contribution in [0, 0.1) is 18.6 Å². The fraction of sp³-hybridized carbons (Fsp3) is 0.588. The summed E-state index contributed by atoms with van der Waals surface area (Å²) in [6, 6.07) is 21.4. The molecule has 34 heteroatoms. The maximum absolute atomic E-state index is 14.5. The zero-order valence-electron chi connectivity index (χ0n) is 66.6. The molecule has 624 valence electrons. The van der Waals surface area contributed by atoms with Crippen molar-refractivity contribution in [2.24, 2.45) is 5.73 Å². The first kappa shape index (κ1) is 89.4. The van der Waals surface area contributed by atoms with E-state index >= 15 is 0 Å². The highest BCUT2D eigenvalue weighted by atomic mass is 35.5. The van der Waals surface area contributed by atoms with Gasteiger partial charge in [0, 0.05) is 144 Å². The van der Waals surface area contributed by atoms with E-state index in [1.807, 2.05) is 49.8 Å². The minimum atomic E-state index is -0.536. The van der Waals surface area contributed by atoms with Crippen molar-refractivity contribution < 1.29 is 42.9 Å². The lowest BCUT2D eigenvalue weighted by Gasteiger charge is -2.47. The van der Waals surface area contributed by atoms with Crippen LogP contribution in [0.1, 0.15) is 132 Å². The van der Waals surface area contributed by atoms with Gasteiger partial charge in [0.05, 0.1) is 38.3 Å². The predicted molar refractivity (Wildman–Crippen MR) is 453 cm³/mol. The maximum Gasteiger partial charge on any atom is 0.273 e. The molecule has 9 heterocycles. The lowest BCUT2D eigenvalue weighted by Crippen LogP contribution is -2.58. The average molecular weight is 1680 g/mol. The zero-order valence-corrected chi connectivity index (χ0v) is 70.5. The van der Waals surface area contributed by atoms with Crippen molar-refractivity contribution in [3.05, 3.63) is 133 Å². The summed E-state index contributed by atoms with van der Waals surface area (Å²) in [4.78, 5) is 84.0. The van der Waals surface area contributed by atoms with Gasteiger partial charge in [0.15, 0.2) is 68.1 Å². The first-order valence-electron chi connectivity index (χ1n) is 39.9. The molecule has 6 fully saturated rings. The Hall–Kier alpha value is -6.98. The number of piperidine rings is 3. The molecular formula is C80H115Cl3F2N20O7S2. The Kier molecular flexibility index (Phi) is 34.9. The molecule has 0 unspecified atom stereocenters. The van der Waals surface area contributed by atoms with E-state index in [2.05, 4.69) is 118 Å². The maximum atomic E-state index is 14.5. The van der Waals surface area contributed by atoms with Crippen molar-refractivity contribution >= 4 is 105 Å². The number of primary amides is 1. The number of aliphatic hydroxyl groups is 2. The molecule has 6 saturated heterocycles. The van der Waals surface area contributed by atoms with Crippen LogP contribution in [-0.2, 0) is 19.6 Å². The molecule has 0 saturated carbocycles. The van der Waals surface area contributed by atoms with Crippen LogP contribution in [0.5, 0.6) is 11.5 Å². The Morgan fingerprint density at radius 2 is 0.930 bits per heavy atom. The van der Waals surface area contributed by atoms with E-state index < -0.39 is 17.7 Å². The first-order chi connectivity index (χ1) is 55.1. The van der Waals surface area contributed by atoms with Crippen LogP contribution >= 0.6 is 58.3 Å². The number of nitrogens with two attached hydrogens (primary N) is 3. The molecule has 10 N–H and O–H groups in total. The molecule has 0 bridgehead atoms. The van der Waals surface area contributed by atoms with E-state index in [1.165, 1.54) is 30.7 Å². The number of nitrogens with one attached hydrogen (secondary N) is 2. The molecule has 3 aromatic carbocycles. The minimum Gasteiger partial charge on any atom is -0.490 e. The van der Waals surface area contributed by atoms with Gasteiger partial charge in [-0.2, -0.15) is 23.5 Å². The molecule has 6 aromatic rings. The molecule has 3 aromatic heterocycles. The molecular weight excluding hydrogens is 1560 g/mol. The number of thioether (sulfide) groups is 2. The molecule has 114 heavy (non-hydrogen) atoms. The number of hydrogen-bond acceptors (Lipinski definition) is 26. The molecule has 12 rings (SSSR count). The first-order valence-corrected chi connectivity index (χ1v) is 43.9. The van der Waals surface area contributed by atoms with E-state index in [-0.39, 0.29) is 77.0 Å². The summed E-state index contributed by atoms with van der Waals surface area (Å²) in [6.45, 7) is 25.6. The number of carbonyl (C=O) groups excluding carboxylic acids is 3. The van der Waals surface area contributed by atoms with Gasteiger partial charge in [-0.3, -0.25) is 43.8 Å². The smallest absolute Gasteiger partial charge is 0.273 e. The lowest BCUT2D eigenvalue weighted by atomic mass is 9.97. The fourth-order valence-corrected chi connectivity index (χ4v) is 17.4. The quantitative estimate of drug-likeness (QED) is 0.0207. The second kappa shape index (κ2) is 44.5. The molecule has 0 radical (unpaired) electrons. The third-order valence-electron chi connectivity index (χ3n) is 22.3. The summed E-state index contributed by atoms with van der Waals surface area (Å²) in [5, 5.41) is 24.0. The highest BCUT2D eigenvalue weighted by molar-refractivity contribution is 7.98. The molecule has 3 amide bonds. The van der Waals surface area contributed by atoms with Crippen LogP contribution in [0.3, 0.4) is 0 Å². The highest BCUT2D eigenvalue weighted by Gasteiger charge is 2.39. The van der Waals surface area contributed by atoms with E-state index in [0.717, 1.165) is 202 Å². The standard InChI is InChI=1S/2C28H41ClFN7O3S.C24H33ClN6O/c1-3-20-18-36(27-25(29)33-24(26(31)34-27)28(39)32-8-13-38)11-12-37(20)21-6-9-35(10-7-21)17-19-4-5-23(22(30)16-19)40-14-15-41-2;1-3-20-18-36(27-25(29)33-24(26(31)34-27)28(39)32-8-13-38)11-12-37(20)21-6-9-35(10-7-21)17-19-4-5-22(30)23(16-19)40-14-15-41-2;1-3-20-16-30(24-17(2)28-22(14-27-24)23(26)32)12-13-31(20)21-8-10-29(11-9-21)15-18-4-6-19(25)7-5-18/h2*4-5,16,20-21,38H,3,6-15,17-18H2,1-2H3,(H2,31,34)(H,32,39);4-7,14,20-21H,3,8-13,15-16H2,1-2H3,(H2,26,32)/t3*20-/m000/s1. The molecule has 6 aliphatic rings. The van der Waals surface area contributed by atoms with Gasteiger partial charge in [-0.05, 0) is 170 Å². The summed E-state index contributed by atoms with van der Waals surface area (Å²) >= 11 is 22.3. The molecule has 27 nitrogen and oxygen atoms in total. The lowest BCUT2D eigenvalue weighted by molar-refractivity contribution is 0.0610. The van der Waals surface area contributed by atoms with Gasteiger partial charge in [0.25, 0.3) is 17.7 Å². The third-order valence-corrected chi connectivity index (χ3v) is 24.2. The number of ether oxygens (including phenoxy) is 2. The summed E-state index contributed by atoms with van der Waals surface area (Å²) in [5.41, 5.74) is 21.7. The number of hydrogen-bond donors (Lipinski definition) is 7. The largest absolute Gasteiger partial charge is 0.490 e.